The Kier molecular flexibility index (Phi) is 18.4. The van der Waals surface area contributed by atoms with Crippen LogP contribution in [0.15, 0.2) is 82.8 Å². The number of pyridine rings is 2. The Bertz CT molecular complexity index is 3790. The number of amides is 1. The number of aliphatic hydroxyl groups excluding tert-OH is 2. The van der Waals surface area contributed by atoms with E-state index in [1.54, 1.807) is 49.6 Å². The molecule has 4 aromatic rings. The zero-order valence-corrected chi connectivity index (χ0v) is 51.4. The topological polar surface area (TPSA) is 280 Å². The normalized spacial score (nSPS) is 27.7. The Hall–Kier alpha value is -8.23. The second-order valence-corrected chi connectivity index (χ2v) is 24.5. The van der Waals surface area contributed by atoms with E-state index in [1.165, 1.54) is 47.0 Å². The number of rotatable bonds is 8. The van der Waals surface area contributed by atoms with E-state index in [0.717, 1.165) is 35.2 Å². The Morgan fingerprint density at radius 3 is 2.10 bits per heavy atom. The summed E-state index contributed by atoms with van der Waals surface area (Å²) in [5.74, 6) is -14.3. The molecule has 10 atom stereocenters. The number of ether oxygens (including phenoxy) is 4. The van der Waals surface area contributed by atoms with E-state index < -0.39 is 145 Å². The maximum atomic E-state index is 16.0. The minimum absolute atomic E-state index is 0.0106. The van der Waals surface area contributed by atoms with Gasteiger partial charge in [-0.1, -0.05) is 45.9 Å². The van der Waals surface area contributed by atoms with Gasteiger partial charge in [0.15, 0.2) is 17.3 Å². The Morgan fingerprint density at radius 2 is 1.46 bits per heavy atom. The van der Waals surface area contributed by atoms with E-state index in [2.05, 4.69) is 20.1 Å². The third kappa shape index (κ3) is 11.9. The Labute approximate surface area is 516 Å². The first-order valence-corrected chi connectivity index (χ1v) is 30.1. The van der Waals surface area contributed by atoms with Crippen molar-refractivity contribution in [3.05, 3.63) is 133 Å². The minimum atomic E-state index is -2.16. The number of aromatic hydroxyl groups is 1. The number of carbonyl (C=O) groups excluding carboxylic acids is 5. The smallest absolute Gasteiger partial charge is 0.341 e. The average Bonchev–Trinajstić information content (AvgIpc) is 1.40. The van der Waals surface area contributed by atoms with Crippen LogP contribution in [0.25, 0.3) is 16.7 Å². The van der Waals surface area contributed by atoms with Gasteiger partial charge in [0, 0.05) is 132 Å². The quantitative estimate of drug-likeness (QED) is 0.124. The number of allylic oxidation sites excluding steroid dienone is 4. The molecule has 1 aliphatic carbocycles. The van der Waals surface area contributed by atoms with Gasteiger partial charge >= 0.3 is 17.7 Å². The number of piperidine rings is 1. The van der Waals surface area contributed by atoms with Crippen LogP contribution in [-0.2, 0) is 23.8 Å². The second-order valence-electron chi connectivity index (χ2n) is 24.5. The number of carboxylic acid groups (broad SMARTS) is 1. The highest BCUT2D eigenvalue weighted by Gasteiger charge is 2.54. The van der Waals surface area contributed by atoms with Gasteiger partial charge in [-0.3, -0.25) is 43.1 Å². The minimum Gasteiger partial charge on any atom is -0.507 e. The van der Waals surface area contributed by atoms with Crippen molar-refractivity contribution >= 4 is 52.0 Å². The number of nitrogens with zero attached hydrogens (tertiary/aromatic N) is 6. The summed E-state index contributed by atoms with van der Waals surface area (Å²) in [4.78, 5) is 110. The molecule has 0 saturated carbocycles. The molecule has 2 aromatic heterocycles. The predicted molar refractivity (Wildman–Crippen MR) is 321 cm³/mol. The van der Waals surface area contributed by atoms with E-state index in [1.807, 2.05) is 0 Å². The lowest BCUT2D eigenvalue weighted by Gasteiger charge is -2.45. The van der Waals surface area contributed by atoms with Gasteiger partial charge in [0.2, 0.25) is 17.0 Å². The number of phenolic OH excluding ortho intramolecular Hbond substituents is 1. The number of aromatic nitrogens is 2. The average molecular weight is 1250 g/mol. The maximum absolute atomic E-state index is 16.0. The number of phenols is 1. The molecule has 3 saturated heterocycles. The maximum Gasteiger partial charge on any atom is 0.341 e. The molecule has 0 spiro atoms. The van der Waals surface area contributed by atoms with Crippen molar-refractivity contribution in [1.82, 2.24) is 29.6 Å². The number of nitrogens with one attached hydrogen (secondary N) is 1. The molecule has 480 valence electrons. The van der Waals surface area contributed by atoms with Crippen molar-refractivity contribution in [2.24, 2.45) is 23.7 Å². The molecule has 1 amide bonds. The fraction of sp³-hybridized carbons (Fsp3) is 0.477. The summed E-state index contributed by atoms with van der Waals surface area (Å²) in [6.07, 6.45) is 5.67. The number of carboxylic acids is 1. The largest absolute Gasteiger partial charge is 0.507 e. The number of carbonyl (C=O) groups is 6. The summed E-state index contributed by atoms with van der Waals surface area (Å²) in [6, 6.07) is 3.50. The zero-order valence-electron chi connectivity index (χ0n) is 51.4. The standard InChI is InChI=1S/C65H74F3N7O15/c1-31-11-10-12-32(2)63(84)69-50-51(57(82)47-48(56(50)81)54(79)36(6)59-49(47)60(83)65(8,90-59)88-26-18-46(87-9)33(3)58(89-37(7)76)35(5)53(78)34(4)52(31)77)73-19-15-39(16-20-73)71-22-24-72(25-23-71)40-17-21-74(29-40)62-44(68)28-41-55(80)42(64(85)86)30-75(61(41)70-62)45-14-13-38(66)27-43(45)67/h10-14,18,26-28,30-31,33-35,39-40,46,52-53,58,77-79H,15-17,19-25,29H2,1-9H3,(H,69,84)(H,85,86)/t31-,33+,34+,35+,40?,46-,52-,53+,58+,65-/m0/s1. The molecular formula is C65H74F3N7O15. The number of aliphatic hydroxyl groups is 2. The number of aromatic carboxylic acids is 1. The molecule has 90 heavy (non-hydrogen) atoms. The number of anilines is 1. The molecular weight excluding hydrogens is 1180 g/mol. The molecule has 8 heterocycles. The van der Waals surface area contributed by atoms with Crippen LogP contribution in [0.4, 0.5) is 19.0 Å². The van der Waals surface area contributed by atoms with Gasteiger partial charge < -0.3 is 54.5 Å². The van der Waals surface area contributed by atoms with Crippen LogP contribution < -0.4 is 20.4 Å². The lowest BCUT2D eigenvalue weighted by Crippen LogP contribution is -2.56. The van der Waals surface area contributed by atoms with Crippen LogP contribution in [-0.4, -0.2) is 182 Å². The number of fused-ring (bicyclic) bond motifs is 15. The number of piperazine rings is 1. The molecule has 6 aliphatic heterocycles. The van der Waals surface area contributed by atoms with Crippen LogP contribution in [0, 0.1) is 48.0 Å². The number of benzene rings is 2. The molecule has 22 nitrogen and oxygen atoms in total. The summed E-state index contributed by atoms with van der Waals surface area (Å²) in [5.41, 5.74) is -4.04. The van der Waals surface area contributed by atoms with Crippen LogP contribution in [0.5, 0.6) is 11.5 Å². The van der Waals surface area contributed by atoms with E-state index in [0.29, 0.717) is 64.6 Å². The van der Waals surface area contributed by atoms with E-state index in [-0.39, 0.29) is 70.5 Å². The number of methoxy groups -OCH3 is 1. The predicted octanol–water partition coefficient (Wildman–Crippen LogP) is 6.13. The van der Waals surface area contributed by atoms with Gasteiger partial charge in [-0.05, 0) is 57.4 Å². The number of esters is 1. The second kappa shape index (κ2) is 25.6. The molecule has 2 aromatic carbocycles. The Balaban J connectivity index is 0.891. The first-order chi connectivity index (χ1) is 42.6. The third-order valence-corrected chi connectivity index (χ3v) is 18.9. The van der Waals surface area contributed by atoms with Crippen LogP contribution >= 0.6 is 0 Å². The zero-order chi connectivity index (χ0) is 65.1. The van der Waals surface area contributed by atoms with Crippen molar-refractivity contribution < 1.29 is 81.3 Å². The van der Waals surface area contributed by atoms with Crippen LogP contribution in [0.3, 0.4) is 0 Å². The molecule has 3 fully saturated rings. The van der Waals surface area contributed by atoms with Gasteiger partial charge in [-0.25, -0.2) is 22.9 Å². The summed E-state index contributed by atoms with van der Waals surface area (Å²) >= 11 is 0. The number of Topliss-reactive ketones (excluding diaryl/α,β-unsaturated/α-hetero) is 3. The number of halogens is 3. The van der Waals surface area contributed by atoms with Crippen molar-refractivity contribution in [3.8, 4) is 17.2 Å². The molecule has 1 unspecified atom stereocenters. The molecule has 25 heteroatoms. The van der Waals surface area contributed by atoms with E-state index in [4.69, 9.17) is 18.9 Å². The lowest BCUT2D eigenvalue weighted by atomic mass is 9.78. The van der Waals surface area contributed by atoms with Crippen molar-refractivity contribution in [3.63, 3.8) is 0 Å². The highest BCUT2D eigenvalue weighted by atomic mass is 19.1. The summed E-state index contributed by atoms with van der Waals surface area (Å²) in [5, 5.41) is 47.2. The number of ketones is 3. The van der Waals surface area contributed by atoms with Crippen molar-refractivity contribution in [2.75, 3.05) is 64.4 Å². The van der Waals surface area contributed by atoms with Crippen LogP contribution in [0.1, 0.15) is 115 Å². The van der Waals surface area contributed by atoms with Crippen LogP contribution in [0.2, 0.25) is 0 Å². The van der Waals surface area contributed by atoms with Gasteiger partial charge in [-0.2, -0.15) is 0 Å². The molecule has 11 rings (SSSR count). The molecule has 5 bridgehead atoms. The SMILES string of the molecule is CO[C@H]1C=CO[C@@]2(C)Oc3c(C)c(O)c4c(c3C2=O)C(=O)C(N2CCC(N3CCN(C5CCN(c6nc7c(cc6F)c(=O)c(C(=O)O)cn7-c6ccc(F)cc6F)C5)CC3)CC2)=C(NC(=O)C(C)=CC=C[C@H](C)[C@H](O)[C@@H](C)[C@@H](O)[C@@H](C)[C@H](OC(C)=O)[C@@H]1C)C4=O. The van der Waals surface area contributed by atoms with Crippen molar-refractivity contribution in [1.29, 1.82) is 0 Å². The molecule has 5 N–H and O–H groups in total. The number of hydrogen-bond acceptors (Lipinski definition) is 19. The van der Waals surface area contributed by atoms with Gasteiger partial charge in [0.05, 0.1) is 52.3 Å². The first-order valence-electron chi connectivity index (χ1n) is 30.1. The fourth-order valence-electron chi connectivity index (χ4n) is 13.6. The summed E-state index contributed by atoms with van der Waals surface area (Å²) in [7, 11) is 1.41. The van der Waals surface area contributed by atoms with Gasteiger partial charge in [0.25, 0.3) is 11.7 Å². The first kappa shape index (κ1) is 64.7. The van der Waals surface area contributed by atoms with E-state index >= 15 is 18.4 Å². The monoisotopic (exact) mass is 1250 g/mol. The third-order valence-electron chi connectivity index (χ3n) is 18.9. The molecule has 7 aliphatic rings. The fourth-order valence-corrected chi connectivity index (χ4v) is 13.6. The lowest BCUT2D eigenvalue weighted by molar-refractivity contribution is -0.160. The summed E-state index contributed by atoms with van der Waals surface area (Å²) < 4.78 is 70.1. The van der Waals surface area contributed by atoms with Crippen molar-refractivity contribution in [2.45, 2.75) is 117 Å². The van der Waals surface area contributed by atoms with E-state index in [9.17, 15) is 48.8 Å². The Morgan fingerprint density at radius 1 is 0.800 bits per heavy atom. The number of hydrogen-bond donors (Lipinski definition) is 5. The highest BCUT2D eigenvalue weighted by Crippen LogP contribution is 2.49. The van der Waals surface area contributed by atoms with Gasteiger partial charge in [-0.15, -0.1) is 0 Å². The molecule has 0 radical (unpaired) electrons. The highest BCUT2D eigenvalue weighted by molar-refractivity contribution is 6.32. The van der Waals surface area contributed by atoms with Gasteiger partial charge in [0.1, 0.15) is 46.2 Å². The summed E-state index contributed by atoms with van der Waals surface area (Å²) in [6.45, 7) is 16.0. The number of likely N-dealkylation sites (tertiary alicyclic amines) is 1.